The molecule has 0 fully saturated rings. The van der Waals surface area contributed by atoms with E-state index >= 15 is 0 Å². The number of fused-ring (bicyclic) bond motifs is 1. The number of nitro benzene ring substituents is 1. The number of benzene rings is 1. The Hall–Kier alpha value is -2.67. The van der Waals surface area contributed by atoms with Gasteiger partial charge in [0.25, 0.3) is 11.2 Å². The van der Waals surface area contributed by atoms with Crippen molar-refractivity contribution < 1.29 is 14.8 Å². The Morgan fingerprint density at radius 2 is 2.25 bits per heavy atom. The summed E-state index contributed by atoms with van der Waals surface area (Å²) in [6.07, 6.45) is 3.00. The van der Waals surface area contributed by atoms with Gasteiger partial charge in [-0.1, -0.05) is 12.2 Å². The lowest BCUT2D eigenvalue weighted by atomic mass is 10.1. The molecule has 0 unspecified atom stereocenters. The summed E-state index contributed by atoms with van der Waals surface area (Å²) in [7, 11) is 1.36. The standard InChI is InChI=1S/C13H12N2O5/c1-20-12-10(3-2-6-16)9-5-4-8(15(18)19)7-11(9)14-13(12)17/h2-5,7,16H,6H2,1H3,(H,14,17). The molecule has 0 aliphatic carbocycles. The third-order valence-corrected chi connectivity index (χ3v) is 2.80. The molecular weight excluding hydrogens is 264 g/mol. The molecule has 1 heterocycles. The van der Waals surface area contributed by atoms with Crippen molar-refractivity contribution in [1.29, 1.82) is 0 Å². The van der Waals surface area contributed by atoms with Crippen molar-refractivity contribution in [3.8, 4) is 5.75 Å². The van der Waals surface area contributed by atoms with E-state index in [9.17, 15) is 14.9 Å². The van der Waals surface area contributed by atoms with Gasteiger partial charge in [0.05, 0.1) is 24.2 Å². The van der Waals surface area contributed by atoms with Gasteiger partial charge in [0, 0.05) is 23.1 Å². The summed E-state index contributed by atoms with van der Waals surface area (Å²) in [5.74, 6) is 0.0936. The molecule has 1 aromatic heterocycles. The van der Waals surface area contributed by atoms with Gasteiger partial charge in [-0.2, -0.15) is 0 Å². The molecule has 7 nitrogen and oxygen atoms in total. The van der Waals surface area contributed by atoms with E-state index in [2.05, 4.69) is 4.98 Å². The number of nitro groups is 1. The second kappa shape index (κ2) is 5.54. The highest BCUT2D eigenvalue weighted by molar-refractivity contribution is 5.91. The third-order valence-electron chi connectivity index (χ3n) is 2.80. The highest BCUT2D eigenvalue weighted by atomic mass is 16.6. The molecule has 20 heavy (non-hydrogen) atoms. The molecule has 0 saturated carbocycles. The molecule has 0 saturated heterocycles. The average Bonchev–Trinajstić information content (AvgIpc) is 2.43. The van der Waals surface area contributed by atoms with Gasteiger partial charge in [0.2, 0.25) is 0 Å². The number of ether oxygens (including phenoxy) is 1. The highest BCUT2D eigenvalue weighted by Gasteiger charge is 2.14. The summed E-state index contributed by atoms with van der Waals surface area (Å²) in [5, 5.41) is 20.2. The van der Waals surface area contributed by atoms with E-state index in [1.165, 1.54) is 31.4 Å². The van der Waals surface area contributed by atoms with Crippen LogP contribution >= 0.6 is 0 Å². The van der Waals surface area contributed by atoms with Gasteiger partial charge in [-0.05, 0) is 6.07 Å². The molecular formula is C13H12N2O5. The first-order valence-electron chi connectivity index (χ1n) is 5.74. The molecule has 0 radical (unpaired) electrons. The molecule has 2 aromatic rings. The Bertz CT molecular complexity index is 748. The zero-order valence-corrected chi connectivity index (χ0v) is 10.6. The average molecular weight is 276 g/mol. The molecule has 7 heteroatoms. The molecule has 1 aromatic carbocycles. The van der Waals surface area contributed by atoms with E-state index < -0.39 is 10.5 Å². The number of hydrogen-bond acceptors (Lipinski definition) is 5. The van der Waals surface area contributed by atoms with Crippen LogP contribution in [0.25, 0.3) is 17.0 Å². The first kappa shape index (κ1) is 13.8. The Balaban J connectivity index is 2.81. The van der Waals surface area contributed by atoms with E-state index in [1.54, 1.807) is 6.08 Å². The Morgan fingerprint density at radius 3 is 2.85 bits per heavy atom. The van der Waals surface area contributed by atoms with Crippen LogP contribution in [0.15, 0.2) is 29.1 Å². The van der Waals surface area contributed by atoms with Gasteiger partial charge in [-0.3, -0.25) is 14.9 Å². The molecule has 2 N–H and O–H groups in total. The largest absolute Gasteiger partial charge is 0.491 e. The summed E-state index contributed by atoms with van der Waals surface area (Å²) in [6, 6.07) is 4.16. The SMILES string of the molecule is COc1c(C=CCO)c2ccc([N+](=O)[O-])cc2[nH]c1=O. The number of nitrogens with one attached hydrogen (secondary N) is 1. The molecule has 0 aliphatic rings. The van der Waals surface area contributed by atoms with Gasteiger partial charge in [0.15, 0.2) is 5.75 Å². The number of methoxy groups -OCH3 is 1. The zero-order chi connectivity index (χ0) is 14.7. The van der Waals surface area contributed by atoms with Crippen LogP contribution in [-0.4, -0.2) is 28.7 Å². The second-order valence-corrected chi connectivity index (χ2v) is 3.97. The van der Waals surface area contributed by atoms with E-state index in [0.717, 1.165) is 0 Å². The van der Waals surface area contributed by atoms with Crippen molar-refractivity contribution in [2.75, 3.05) is 13.7 Å². The quantitative estimate of drug-likeness (QED) is 0.649. The lowest BCUT2D eigenvalue weighted by Crippen LogP contribution is -2.11. The number of H-pyrrole nitrogens is 1. The van der Waals surface area contributed by atoms with Crippen molar-refractivity contribution in [1.82, 2.24) is 4.98 Å². The maximum absolute atomic E-state index is 11.9. The molecule has 104 valence electrons. The maximum atomic E-state index is 11.9. The maximum Gasteiger partial charge on any atom is 0.291 e. The Morgan fingerprint density at radius 1 is 1.50 bits per heavy atom. The van der Waals surface area contributed by atoms with Gasteiger partial charge < -0.3 is 14.8 Å². The van der Waals surface area contributed by atoms with Crippen molar-refractivity contribution >= 4 is 22.7 Å². The van der Waals surface area contributed by atoms with Crippen LogP contribution in [0.2, 0.25) is 0 Å². The van der Waals surface area contributed by atoms with Crippen LogP contribution in [0.3, 0.4) is 0 Å². The van der Waals surface area contributed by atoms with Gasteiger partial charge >= 0.3 is 0 Å². The van der Waals surface area contributed by atoms with E-state index in [-0.39, 0.29) is 18.0 Å². The number of non-ortho nitro benzene ring substituents is 1. The fourth-order valence-electron chi connectivity index (χ4n) is 1.95. The van der Waals surface area contributed by atoms with E-state index in [0.29, 0.717) is 16.5 Å². The Kier molecular flexibility index (Phi) is 3.81. The summed E-state index contributed by atoms with van der Waals surface area (Å²) in [5.41, 5.74) is 0.200. The summed E-state index contributed by atoms with van der Waals surface area (Å²) in [6.45, 7) is -0.190. The first-order chi connectivity index (χ1) is 9.58. The fourth-order valence-corrected chi connectivity index (χ4v) is 1.95. The van der Waals surface area contributed by atoms with Gasteiger partial charge in [0.1, 0.15) is 0 Å². The monoisotopic (exact) mass is 276 g/mol. The lowest BCUT2D eigenvalue weighted by molar-refractivity contribution is -0.384. The van der Waals surface area contributed by atoms with E-state index in [1.807, 2.05) is 0 Å². The molecule has 0 aliphatic heterocycles. The van der Waals surface area contributed by atoms with Gasteiger partial charge in [-0.25, -0.2) is 0 Å². The van der Waals surface area contributed by atoms with Crippen LogP contribution in [0, 0.1) is 10.1 Å². The number of aliphatic hydroxyl groups excluding tert-OH is 1. The predicted molar refractivity (Wildman–Crippen MR) is 73.9 cm³/mol. The second-order valence-electron chi connectivity index (χ2n) is 3.97. The van der Waals surface area contributed by atoms with Crippen molar-refractivity contribution in [2.45, 2.75) is 0 Å². The smallest absolute Gasteiger partial charge is 0.291 e. The van der Waals surface area contributed by atoms with Gasteiger partial charge in [-0.15, -0.1) is 0 Å². The van der Waals surface area contributed by atoms with Crippen molar-refractivity contribution in [3.63, 3.8) is 0 Å². The zero-order valence-electron chi connectivity index (χ0n) is 10.6. The Labute approximate surface area is 113 Å². The topological polar surface area (TPSA) is 105 Å². The van der Waals surface area contributed by atoms with E-state index in [4.69, 9.17) is 9.84 Å². The highest BCUT2D eigenvalue weighted by Crippen LogP contribution is 2.27. The molecule has 0 bridgehead atoms. The number of rotatable bonds is 4. The molecule has 0 atom stereocenters. The minimum Gasteiger partial charge on any atom is -0.491 e. The molecule has 0 spiro atoms. The summed E-state index contributed by atoms with van der Waals surface area (Å²) < 4.78 is 5.05. The number of hydrogen-bond donors (Lipinski definition) is 2. The lowest BCUT2D eigenvalue weighted by Gasteiger charge is -2.08. The summed E-state index contributed by atoms with van der Waals surface area (Å²) in [4.78, 5) is 24.6. The molecule has 0 amide bonds. The van der Waals surface area contributed by atoms with Crippen molar-refractivity contribution in [3.05, 3.63) is 50.3 Å². The number of aromatic nitrogens is 1. The number of pyridine rings is 1. The van der Waals surface area contributed by atoms with Crippen LogP contribution in [0.4, 0.5) is 5.69 Å². The van der Waals surface area contributed by atoms with Crippen LogP contribution in [0.5, 0.6) is 5.75 Å². The minimum absolute atomic E-state index is 0.0936. The third kappa shape index (κ3) is 2.39. The van der Waals surface area contributed by atoms with Crippen molar-refractivity contribution in [2.24, 2.45) is 0 Å². The van der Waals surface area contributed by atoms with Crippen LogP contribution in [-0.2, 0) is 0 Å². The van der Waals surface area contributed by atoms with Crippen LogP contribution < -0.4 is 10.3 Å². The molecule has 2 rings (SSSR count). The minimum atomic E-state index is -0.536. The fraction of sp³-hybridized carbons (Fsp3) is 0.154. The normalized spacial score (nSPS) is 11.1. The number of aliphatic hydroxyl groups is 1. The predicted octanol–water partition coefficient (Wildman–Crippen LogP) is 1.45. The summed E-state index contributed by atoms with van der Waals surface area (Å²) >= 11 is 0. The van der Waals surface area contributed by atoms with Crippen LogP contribution in [0.1, 0.15) is 5.56 Å². The number of aromatic amines is 1. The first-order valence-corrected chi connectivity index (χ1v) is 5.74. The number of nitrogens with zero attached hydrogens (tertiary/aromatic N) is 1.